The molecule has 0 unspecified atom stereocenters. The minimum absolute atomic E-state index is 0. The first-order valence-electron chi connectivity index (χ1n) is 9.27. The van der Waals surface area contributed by atoms with Crippen LogP contribution in [0.1, 0.15) is 106 Å². The molecule has 0 atom stereocenters. The molecule has 0 amide bonds. The molecule has 0 aromatic rings. The van der Waals surface area contributed by atoms with E-state index in [1.54, 1.807) is 0 Å². The molecule has 0 radical (unpaired) electrons. The van der Waals surface area contributed by atoms with Crippen molar-refractivity contribution in [2.75, 3.05) is 0 Å². The molecule has 0 aromatic heterocycles. The maximum absolute atomic E-state index is 10.2. The van der Waals surface area contributed by atoms with E-state index >= 15 is 0 Å². The molecule has 0 aromatic carbocycles. The third-order valence-corrected chi connectivity index (χ3v) is 3.63. The number of aliphatic carboxylic acids is 2. The van der Waals surface area contributed by atoms with Gasteiger partial charge in [-0.1, -0.05) is 67.2 Å². The van der Waals surface area contributed by atoms with E-state index in [0.717, 1.165) is 32.1 Å². The first-order chi connectivity index (χ1) is 10.8. The normalized spacial score (nSPS) is 11.1. The average molecular weight is 410 g/mol. The van der Waals surface area contributed by atoms with Crippen molar-refractivity contribution in [3.05, 3.63) is 0 Å². The Morgan fingerprint density at radius 3 is 1.20 bits per heavy atom. The molecule has 0 heterocycles. The molecule has 0 spiro atoms. The van der Waals surface area contributed by atoms with Gasteiger partial charge in [0.2, 0.25) is 0 Å². The van der Waals surface area contributed by atoms with Crippen LogP contribution in [-0.4, -0.2) is 22.2 Å². The summed E-state index contributed by atoms with van der Waals surface area (Å²) in [6.45, 7) is 13.2. The second-order valence-corrected chi connectivity index (χ2v) is 9.03. The zero-order valence-electron chi connectivity index (χ0n) is 17.5. The molecule has 0 saturated carbocycles. The fraction of sp³-hybridized carbons (Fsp3) is 0.900. The number of hydrogen-bond donors (Lipinski definition) is 2. The molecule has 0 bridgehead atoms. The van der Waals surface area contributed by atoms with Gasteiger partial charge >= 0.3 is 11.9 Å². The first kappa shape index (κ1) is 29.3. The van der Waals surface area contributed by atoms with Crippen molar-refractivity contribution in [3.63, 3.8) is 0 Å². The largest absolute Gasteiger partial charge is 0.481 e. The monoisotopic (exact) mass is 408 g/mol. The summed E-state index contributed by atoms with van der Waals surface area (Å²) >= 11 is 0. The molecule has 0 aliphatic rings. The topological polar surface area (TPSA) is 74.6 Å². The van der Waals surface area contributed by atoms with E-state index in [-0.39, 0.29) is 19.5 Å². The Kier molecular flexibility index (Phi) is 18.5. The number of unbranched alkanes of at least 4 members (excludes halogenated alkanes) is 4. The van der Waals surface area contributed by atoms with E-state index in [0.29, 0.717) is 23.7 Å². The van der Waals surface area contributed by atoms with Crippen LogP contribution in [0.2, 0.25) is 0 Å². The minimum Gasteiger partial charge on any atom is -0.481 e. The van der Waals surface area contributed by atoms with Gasteiger partial charge in [-0.15, -0.1) is 0 Å². The summed E-state index contributed by atoms with van der Waals surface area (Å²) in [4.78, 5) is 20.3. The molecule has 0 aliphatic carbocycles. The van der Waals surface area contributed by atoms with Crippen LogP contribution in [0.5, 0.6) is 0 Å². The second-order valence-electron chi connectivity index (χ2n) is 9.03. The number of hydrogen-bond acceptors (Lipinski definition) is 2. The Labute approximate surface area is 167 Å². The van der Waals surface area contributed by atoms with E-state index in [4.69, 9.17) is 10.2 Å². The SMILES string of the molecule is CC(C)(C)CCCCC(=O)O.CC(C)(C)CCCCCCC(=O)O.[Zn]. The molecule has 0 aliphatic heterocycles. The van der Waals surface area contributed by atoms with Gasteiger partial charge in [0.25, 0.3) is 0 Å². The molecule has 5 heteroatoms. The van der Waals surface area contributed by atoms with Crippen LogP contribution >= 0.6 is 0 Å². The van der Waals surface area contributed by atoms with Gasteiger partial charge in [-0.2, -0.15) is 0 Å². The van der Waals surface area contributed by atoms with Crippen molar-refractivity contribution in [3.8, 4) is 0 Å². The zero-order valence-corrected chi connectivity index (χ0v) is 20.5. The summed E-state index contributed by atoms with van der Waals surface area (Å²) in [6.07, 6.45) is 9.11. The summed E-state index contributed by atoms with van der Waals surface area (Å²) in [6, 6.07) is 0. The fourth-order valence-corrected chi connectivity index (χ4v) is 2.22. The van der Waals surface area contributed by atoms with Crippen LogP contribution < -0.4 is 0 Å². The first-order valence-corrected chi connectivity index (χ1v) is 9.27. The zero-order chi connectivity index (χ0) is 19.2. The molecular weight excluding hydrogens is 370 g/mol. The van der Waals surface area contributed by atoms with Gasteiger partial charge in [0.1, 0.15) is 0 Å². The Morgan fingerprint density at radius 2 is 0.880 bits per heavy atom. The van der Waals surface area contributed by atoms with Crippen LogP contribution in [0.25, 0.3) is 0 Å². The quantitative estimate of drug-likeness (QED) is 0.336. The van der Waals surface area contributed by atoms with E-state index in [1.165, 1.54) is 19.3 Å². The number of carboxylic acids is 2. The van der Waals surface area contributed by atoms with Crippen LogP contribution in [0.3, 0.4) is 0 Å². The molecule has 0 rings (SSSR count). The van der Waals surface area contributed by atoms with Crippen molar-refractivity contribution in [2.24, 2.45) is 10.8 Å². The van der Waals surface area contributed by atoms with E-state index < -0.39 is 11.9 Å². The average Bonchev–Trinajstić information content (AvgIpc) is 2.37. The van der Waals surface area contributed by atoms with Crippen molar-refractivity contribution in [1.82, 2.24) is 0 Å². The van der Waals surface area contributed by atoms with Gasteiger partial charge in [0.05, 0.1) is 0 Å². The molecular formula is C20H40O4Zn. The van der Waals surface area contributed by atoms with E-state index in [1.807, 2.05) is 0 Å². The van der Waals surface area contributed by atoms with Gasteiger partial charge < -0.3 is 10.2 Å². The van der Waals surface area contributed by atoms with E-state index in [9.17, 15) is 9.59 Å². The molecule has 2 N–H and O–H groups in total. The van der Waals surface area contributed by atoms with Crippen LogP contribution in [0, 0.1) is 10.8 Å². The Morgan fingerprint density at radius 1 is 0.600 bits per heavy atom. The summed E-state index contributed by atoms with van der Waals surface area (Å²) in [5.74, 6) is -1.35. The van der Waals surface area contributed by atoms with Gasteiger partial charge in [-0.05, 0) is 36.5 Å². The molecule has 4 nitrogen and oxygen atoms in total. The third kappa shape index (κ3) is 35.5. The standard InChI is InChI=1S/C11H22O2.C9H18O2.Zn/c1-11(2,3)9-7-5-4-6-8-10(12)13;1-9(2,3)7-5-4-6-8(10)11;/h4-9H2,1-3H3,(H,12,13);4-7H2,1-3H3,(H,10,11);. The van der Waals surface area contributed by atoms with Crippen LogP contribution in [0.4, 0.5) is 0 Å². The Balaban J connectivity index is -0.000000377. The minimum atomic E-state index is -0.682. The fourth-order valence-electron chi connectivity index (χ4n) is 2.22. The van der Waals surface area contributed by atoms with Crippen molar-refractivity contribution in [2.45, 2.75) is 106 Å². The summed E-state index contributed by atoms with van der Waals surface area (Å²) in [7, 11) is 0. The number of carbonyl (C=O) groups is 2. The van der Waals surface area contributed by atoms with Crippen LogP contribution in [0.15, 0.2) is 0 Å². The van der Waals surface area contributed by atoms with E-state index in [2.05, 4.69) is 41.5 Å². The summed E-state index contributed by atoms with van der Waals surface area (Å²) in [5.41, 5.74) is 0.769. The summed E-state index contributed by atoms with van der Waals surface area (Å²) in [5, 5.41) is 16.7. The van der Waals surface area contributed by atoms with Crippen LogP contribution in [-0.2, 0) is 29.1 Å². The third-order valence-electron chi connectivity index (χ3n) is 3.63. The van der Waals surface area contributed by atoms with Gasteiger partial charge in [0.15, 0.2) is 0 Å². The Hall–Kier alpha value is -0.437. The number of rotatable bonds is 10. The van der Waals surface area contributed by atoms with Gasteiger partial charge in [-0.3, -0.25) is 9.59 Å². The van der Waals surface area contributed by atoms with Gasteiger partial charge in [0, 0.05) is 32.3 Å². The number of carboxylic acid groups (broad SMARTS) is 2. The maximum Gasteiger partial charge on any atom is 0.303 e. The predicted octanol–water partition coefficient (Wildman–Crippen LogP) is 6.13. The smallest absolute Gasteiger partial charge is 0.303 e. The van der Waals surface area contributed by atoms with Crippen molar-refractivity contribution < 1.29 is 39.3 Å². The molecule has 0 saturated heterocycles. The second kappa shape index (κ2) is 15.8. The van der Waals surface area contributed by atoms with Gasteiger partial charge in [-0.25, -0.2) is 0 Å². The van der Waals surface area contributed by atoms with Crippen molar-refractivity contribution >= 4 is 11.9 Å². The summed E-state index contributed by atoms with van der Waals surface area (Å²) < 4.78 is 0. The predicted molar refractivity (Wildman–Crippen MR) is 100 cm³/mol. The Bertz CT molecular complexity index is 341. The maximum atomic E-state index is 10.2. The molecule has 0 fully saturated rings. The molecule has 25 heavy (non-hydrogen) atoms. The van der Waals surface area contributed by atoms with Crippen molar-refractivity contribution in [1.29, 1.82) is 0 Å². The molecule has 146 valence electrons.